The zero-order valence-electron chi connectivity index (χ0n) is 22.9. The first kappa shape index (κ1) is 28.2. The van der Waals surface area contributed by atoms with E-state index in [1.54, 1.807) is 30.0 Å². The number of para-hydroxylation sites is 1. The number of thiazole rings is 1. The molecular formula is C30H29N3O7S2. The molecule has 0 saturated carbocycles. The molecule has 3 aliphatic heterocycles. The second kappa shape index (κ2) is 11.4. The summed E-state index contributed by atoms with van der Waals surface area (Å²) < 4.78 is 6.45. The number of carbonyl (C=O) groups is 4. The Morgan fingerprint density at radius 3 is 2.38 bits per heavy atom. The molecule has 2 aromatic carbocycles. The first-order valence-corrected chi connectivity index (χ1v) is 15.6. The molecule has 0 aliphatic carbocycles. The normalized spacial score (nSPS) is 21.7. The van der Waals surface area contributed by atoms with Gasteiger partial charge in [0.25, 0.3) is 0 Å². The highest BCUT2D eigenvalue weighted by Crippen LogP contribution is 2.55. The van der Waals surface area contributed by atoms with Gasteiger partial charge in [-0.1, -0.05) is 41.3 Å². The highest BCUT2D eigenvalue weighted by molar-refractivity contribution is 8.00. The lowest BCUT2D eigenvalue weighted by molar-refractivity contribution is -0.133. The number of nitrogens with zero attached hydrogens (tertiary/aromatic N) is 3. The van der Waals surface area contributed by atoms with Gasteiger partial charge in [-0.3, -0.25) is 23.7 Å². The Bertz CT molecular complexity index is 1620. The number of imide groups is 1. The van der Waals surface area contributed by atoms with Crippen LogP contribution in [0.2, 0.25) is 0 Å². The van der Waals surface area contributed by atoms with Gasteiger partial charge >= 0.3 is 10.8 Å². The summed E-state index contributed by atoms with van der Waals surface area (Å²) in [7, 11) is 0. The SMILES string of the molecule is CCOC(=O)c1ccc(N2C(=O)C3Sc4c(sc(=O)n4CC(=O)N4CCCCC4)[C@@H](c4ccccc4O)C3C2=O)cc1. The van der Waals surface area contributed by atoms with Crippen LogP contribution in [0.5, 0.6) is 5.75 Å². The molecule has 218 valence electrons. The van der Waals surface area contributed by atoms with Crippen LogP contribution in [0.3, 0.4) is 0 Å². The fourth-order valence-electron chi connectivity index (χ4n) is 5.94. The van der Waals surface area contributed by atoms with Gasteiger partial charge in [0.2, 0.25) is 17.7 Å². The number of aromatic nitrogens is 1. The molecule has 2 unspecified atom stereocenters. The van der Waals surface area contributed by atoms with E-state index in [2.05, 4.69) is 0 Å². The fraction of sp³-hybridized carbons (Fsp3) is 0.367. The van der Waals surface area contributed by atoms with E-state index in [-0.39, 0.29) is 29.7 Å². The monoisotopic (exact) mass is 607 g/mol. The number of amides is 3. The largest absolute Gasteiger partial charge is 0.508 e. The summed E-state index contributed by atoms with van der Waals surface area (Å²) in [6, 6.07) is 12.7. The Morgan fingerprint density at radius 1 is 0.976 bits per heavy atom. The second-order valence-electron chi connectivity index (χ2n) is 10.4. The van der Waals surface area contributed by atoms with E-state index in [0.717, 1.165) is 47.3 Å². The lowest BCUT2D eigenvalue weighted by atomic mass is 9.82. The van der Waals surface area contributed by atoms with E-state index in [0.29, 0.717) is 39.8 Å². The molecule has 3 amide bonds. The Morgan fingerprint density at radius 2 is 1.69 bits per heavy atom. The first-order valence-electron chi connectivity index (χ1n) is 13.9. The van der Waals surface area contributed by atoms with E-state index in [1.165, 1.54) is 34.9 Å². The highest BCUT2D eigenvalue weighted by Gasteiger charge is 2.57. The summed E-state index contributed by atoms with van der Waals surface area (Å²) in [4.78, 5) is 69.6. The van der Waals surface area contributed by atoms with Crippen LogP contribution in [0.15, 0.2) is 58.4 Å². The molecule has 10 nitrogen and oxygen atoms in total. The van der Waals surface area contributed by atoms with Crippen molar-refractivity contribution in [1.82, 2.24) is 9.47 Å². The number of benzene rings is 2. The van der Waals surface area contributed by atoms with Crippen molar-refractivity contribution in [2.24, 2.45) is 5.92 Å². The number of ether oxygens (including phenoxy) is 1. The van der Waals surface area contributed by atoms with Crippen LogP contribution in [0.1, 0.15) is 52.9 Å². The average Bonchev–Trinajstić information content (AvgIpc) is 3.44. The molecule has 0 radical (unpaired) electrons. The van der Waals surface area contributed by atoms with E-state index in [4.69, 9.17) is 4.74 Å². The van der Waals surface area contributed by atoms with Gasteiger partial charge in [0.05, 0.1) is 28.8 Å². The number of phenolic OH excluding ortho intramolecular Hbond substituents is 1. The van der Waals surface area contributed by atoms with Crippen LogP contribution < -0.4 is 9.77 Å². The van der Waals surface area contributed by atoms with Gasteiger partial charge in [-0.05, 0) is 56.5 Å². The molecule has 3 aromatic rings. The Balaban J connectivity index is 1.40. The minimum absolute atomic E-state index is 0.0478. The van der Waals surface area contributed by atoms with E-state index in [1.807, 2.05) is 0 Å². The molecule has 6 rings (SSSR count). The van der Waals surface area contributed by atoms with Crippen molar-refractivity contribution in [1.29, 1.82) is 0 Å². The number of anilines is 1. The van der Waals surface area contributed by atoms with Gasteiger partial charge in [-0.2, -0.15) is 0 Å². The predicted molar refractivity (Wildman–Crippen MR) is 157 cm³/mol. The topological polar surface area (TPSA) is 126 Å². The van der Waals surface area contributed by atoms with E-state index >= 15 is 0 Å². The number of carbonyl (C=O) groups excluding carboxylic acids is 4. The van der Waals surface area contributed by atoms with Crippen LogP contribution >= 0.6 is 23.1 Å². The number of fused-ring (bicyclic) bond motifs is 2. The average molecular weight is 608 g/mol. The van der Waals surface area contributed by atoms with Crippen LogP contribution in [-0.2, 0) is 25.7 Å². The maximum Gasteiger partial charge on any atom is 0.338 e. The quantitative estimate of drug-likeness (QED) is 0.333. The standard InChI is InChI=1S/C30H29N3O7S2/c1-2-40-29(38)17-10-12-18(13-11-17)33-26(36)23-22(19-8-4-5-9-20(19)34)25-28(41-24(23)27(33)37)32(30(39)42-25)16-21(35)31-14-6-3-7-15-31/h4-5,8-13,22-24,34H,2-3,6-7,14-16H2,1H3/t22-,23?,24?/m0/s1. The van der Waals surface area contributed by atoms with Crippen LogP contribution in [-0.4, -0.2) is 63.2 Å². The number of likely N-dealkylation sites (tertiary alicyclic amines) is 1. The summed E-state index contributed by atoms with van der Waals surface area (Å²) in [6.45, 7) is 3.07. The van der Waals surface area contributed by atoms with Crippen molar-refractivity contribution < 1.29 is 29.0 Å². The minimum Gasteiger partial charge on any atom is -0.508 e. The van der Waals surface area contributed by atoms with Gasteiger partial charge in [0.1, 0.15) is 17.5 Å². The molecule has 3 aliphatic rings. The number of rotatable bonds is 6. The molecule has 12 heteroatoms. The predicted octanol–water partition coefficient (Wildman–Crippen LogP) is 3.60. The van der Waals surface area contributed by atoms with Gasteiger partial charge in [0, 0.05) is 29.4 Å². The lowest BCUT2D eigenvalue weighted by Crippen LogP contribution is -2.39. The van der Waals surface area contributed by atoms with Crippen molar-refractivity contribution in [2.45, 2.75) is 48.9 Å². The molecule has 2 saturated heterocycles. The maximum atomic E-state index is 14.0. The molecular weight excluding hydrogens is 578 g/mol. The summed E-state index contributed by atoms with van der Waals surface area (Å²) in [5.41, 5.74) is 1.04. The van der Waals surface area contributed by atoms with Crippen molar-refractivity contribution in [3.63, 3.8) is 0 Å². The summed E-state index contributed by atoms with van der Waals surface area (Å²) >= 11 is 2.08. The smallest absolute Gasteiger partial charge is 0.338 e. The van der Waals surface area contributed by atoms with Gasteiger partial charge < -0.3 is 14.7 Å². The number of esters is 1. The second-order valence-corrected chi connectivity index (χ2v) is 12.6. The molecule has 1 aromatic heterocycles. The summed E-state index contributed by atoms with van der Waals surface area (Å²) in [5.74, 6) is -3.29. The molecule has 1 N–H and O–H groups in total. The Kier molecular flexibility index (Phi) is 7.67. The third-order valence-electron chi connectivity index (χ3n) is 7.96. The van der Waals surface area contributed by atoms with Crippen LogP contribution in [0.25, 0.3) is 0 Å². The van der Waals surface area contributed by atoms with Gasteiger partial charge in [-0.25, -0.2) is 9.69 Å². The van der Waals surface area contributed by atoms with Crippen LogP contribution in [0, 0.1) is 5.92 Å². The van der Waals surface area contributed by atoms with E-state index < -0.39 is 34.9 Å². The highest BCUT2D eigenvalue weighted by atomic mass is 32.2. The molecule has 3 atom stereocenters. The molecule has 42 heavy (non-hydrogen) atoms. The van der Waals surface area contributed by atoms with Crippen molar-refractivity contribution in [2.75, 3.05) is 24.6 Å². The first-order chi connectivity index (χ1) is 20.3. The van der Waals surface area contributed by atoms with Crippen molar-refractivity contribution in [3.8, 4) is 5.75 Å². The molecule has 2 fully saturated rings. The molecule has 4 heterocycles. The third kappa shape index (κ3) is 4.82. The molecule has 0 spiro atoms. The summed E-state index contributed by atoms with van der Waals surface area (Å²) in [6.07, 6.45) is 2.91. The van der Waals surface area contributed by atoms with Gasteiger partial charge in [-0.15, -0.1) is 0 Å². The van der Waals surface area contributed by atoms with Gasteiger partial charge in [0.15, 0.2) is 0 Å². The van der Waals surface area contributed by atoms with Crippen molar-refractivity contribution in [3.05, 3.63) is 74.2 Å². The lowest BCUT2D eigenvalue weighted by Gasteiger charge is -2.31. The number of hydrogen-bond donors (Lipinski definition) is 1. The fourth-order valence-corrected chi connectivity index (χ4v) is 8.70. The maximum absolute atomic E-state index is 14.0. The third-order valence-corrected chi connectivity index (χ3v) is 10.6. The Hall–Kier alpha value is -3.90. The molecule has 0 bridgehead atoms. The number of aromatic hydroxyl groups is 1. The minimum atomic E-state index is -0.891. The number of thioether (sulfide) groups is 1. The zero-order chi connectivity index (χ0) is 29.5. The van der Waals surface area contributed by atoms with Crippen molar-refractivity contribution >= 4 is 52.5 Å². The number of piperidine rings is 1. The number of hydrogen-bond acceptors (Lipinski definition) is 9. The number of phenols is 1. The van der Waals surface area contributed by atoms with Crippen LogP contribution in [0.4, 0.5) is 5.69 Å². The summed E-state index contributed by atoms with van der Waals surface area (Å²) in [5, 5.41) is 10.5. The zero-order valence-corrected chi connectivity index (χ0v) is 24.5. The Labute approximate surface area is 249 Å². The van der Waals surface area contributed by atoms with E-state index in [9.17, 15) is 29.1 Å².